The molecule has 0 unspecified atom stereocenters. The van der Waals surface area contributed by atoms with Gasteiger partial charge in [0.1, 0.15) is 6.10 Å². The molecule has 2 N–H and O–H groups in total. The molecule has 7 nitrogen and oxygen atoms in total. The minimum atomic E-state index is -1.15. The van der Waals surface area contributed by atoms with Gasteiger partial charge in [0, 0.05) is 18.3 Å². The van der Waals surface area contributed by atoms with Crippen molar-refractivity contribution < 1.29 is 29.0 Å². The van der Waals surface area contributed by atoms with Gasteiger partial charge in [0.25, 0.3) is 0 Å². The molecule has 0 heterocycles. The third-order valence-corrected chi connectivity index (χ3v) is 10.4. The van der Waals surface area contributed by atoms with Gasteiger partial charge in [-0.25, -0.2) is 4.79 Å². The molecule has 0 radical (unpaired) electrons. The zero-order chi connectivity index (χ0) is 27.1. The van der Waals surface area contributed by atoms with Crippen LogP contribution in [0.15, 0.2) is 42.0 Å². The van der Waals surface area contributed by atoms with Crippen molar-refractivity contribution in [1.82, 2.24) is 5.32 Å². The lowest BCUT2D eigenvalue weighted by Gasteiger charge is -2.57. The number of rotatable bonds is 7. The van der Waals surface area contributed by atoms with Crippen LogP contribution in [0.25, 0.3) is 0 Å². The average Bonchev–Trinajstić information content (AvgIpc) is 3.22. The predicted octanol–water partition coefficient (Wildman–Crippen LogP) is 5.15. The first-order valence-electron chi connectivity index (χ1n) is 14.1. The monoisotopic (exact) mass is 521 g/mol. The van der Waals surface area contributed by atoms with Crippen LogP contribution >= 0.6 is 0 Å². The number of carboxylic acid groups (broad SMARTS) is 1. The van der Waals surface area contributed by atoms with E-state index < -0.39 is 23.9 Å². The highest BCUT2D eigenvalue weighted by atomic mass is 16.5. The Kier molecular flexibility index (Phi) is 7.23. The van der Waals surface area contributed by atoms with E-state index in [0.29, 0.717) is 29.7 Å². The smallest absolute Gasteiger partial charge is 0.330 e. The molecule has 1 aromatic carbocycles. The number of ether oxygens (including phenoxy) is 1. The molecular weight excluding hydrogens is 482 g/mol. The second-order valence-electron chi connectivity index (χ2n) is 12.3. The van der Waals surface area contributed by atoms with Crippen molar-refractivity contribution >= 4 is 23.6 Å². The normalized spacial score (nSPS) is 34.7. The molecule has 7 atom stereocenters. The van der Waals surface area contributed by atoms with Crippen LogP contribution in [0.4, 0.5) is 0 Å². The fourth-order valence-corrected chi connectivity index (χ4v) is 8.30. The molecule has 0 spiro atoms. The third kappa shape index (κ3) is 4.80. The first kappa shape index (κ1) is 26.6. The number of nitrogens with one attached hydrogen (secondary N) is 1. The molecular formula is C31H39NO6. The van der Waals surface area contributed by atoms with Gasteiger partial charge in [0.2, 0.25) is 5.91 Å². The summed E-state index contributed by atoms with van der Waals surface area (Å²) in [6.07, 6.45) is 9.28. The quantitative estimate of drug-likeness (QED) is 0.480. The van der Waals surface area contributed by atoms with Crippen LogP contribution < -0.4 is 5.32 Å². The van der Waals surface area contributed by atoms with Crippen molar-refractivity contribution in [2.45, 2.75) is 90.2 Å². The highest BCUT2D eigenvalue weighted by Gasteiger charge is 2.59. The maximum Gasteiger partial charge on any atom is 0.330 e. The maximum absolute atomic E-state index is 12.8. The Morgan fingerprint density at radius 1 is 1.00 bits per heavy atom. The van der Waals surface area contributed by atoms with Crippen molar-refractivity contribution in [3.05, 3.63) is 47.5 Å². The molecule has 3 saturated carbocycles. The minimum absolute atomic E-state index is 0.0666. The summed E-state index contributed by atoms with van der Waals surface area (Å²) < 4.78 is 6.01. The second kappa shape index (κ2) is 10.3. The zero-order valence-corrected chi connectivity index (χ0v) is 22.4. The van der Waals surface area contributed by atoms with E-state index in [1.807, 2.05) is 6.08 Å². The first-order valence-corrected chi connectivity index (χ1v) is 14.1. The summed E-state index contributed by atoms with van der Waals surface area (Å²) in [5, 5.41) is 12.1. The number of allylic oxidation sites excluding steroid dienone is 1. The summed E-state index contributed by atoms with van der Waals surface area (Å²) in [6, 6.07) is 7.36. The van der Waals surface area contributed by atoms with Gasteiger partial charge in [-0.2, -0.15) is 0 Å². The van der Waals surface area contributed by atoms with E-state index in [1.165, 1.54) is 5.57 Å². The van der Waals surface area contributed by atoms with Gasteiger partial charge in [0.15, 0.2) is 11.8 Å². The highest BCUT2D eigenvalue weighted by Crippen LogP contribution is 2.65. The SMILES string of the molecule is C[C@]12CC[C@@H]3[C@H](CCC4=CC(=O)CC[C@@]43C)[C@@H]1CC[C@@H]2OC(=O)CCC(=O)N[C@@H](C(=O)O)c1ccccc1. The topological polar surface area (TPSA) is 110 Å². The summed E-state index contributed by atoms with van der Waals surface area (Å²) in [4.78, 5) is 49.0. The summed E-state index contributed by atoms with van der Waals surface area (Å²) in [5.74, 6) is -0.0844. The van der Waals surface area contributed by atoms with Crippen LogP contribution in [0.3, 0.4) is 0 Å². The number of amides is 1. The molecule has 3 fully saturated rings. The number of ketones is 1. The second-order valence-corrected chi connectivity index (χ2v) is 12.3. The number of aliphatic carboxylic acids is 1. The Labute approximate surface area is 224 Å². The summed E-state index contributed by atoms with van der Waals surface area (Å²) in [7, 11) is 0. The third-order valence-electron chi connectivity index (χ3n) is 10.4. The summed E-state index contributed by atoms with van der Waals surface area (Å²) >= 11 is 0. The van der Waals surface area contributed by atoms with E-state index in [0.717, 1.165) is 44.9 Å². The Balaban J connectivity index is 1.17. The van der Waals surface area contributed by atoms with Gasteiger partial charge in [0.05, 0.1) is 6.42 Å². The molecule has 1 aromatic rings. The molecule has 5 rings (SSSR count). The lowest BCUT2D eigenvalue weighted by Crippen LogP contribution is -2.51. The number of hydrogen-bond acceptors (Lipinski definition) is 5. The number of benzene rings is 1. The van der Waals surface area contributed by atoms with Gasteiger partial charge in [-0.05, 0) is 79.8 Å². The molecule has 204 valence electrons. The van der Waals surface area contributed by atoms with Crippen LogP contribution in [-0.2, 0) is 23.9 Å². The van der Waals surface area contributed by atoms with Crippen molar-refractivity contribution in [2.24, 2.45) is 28.6 Å². The van der Waals surface area contributed by atoms with Crippen molar-refractivity contribution in [3.63, 3.8) is 0 Å². The Morgan fingerprint density at radius 3 is 2.50 bits per heavy atom. The first-order chi connectivity index (χ1) is 18.1. The Hall–Kier alpha value is -2.96. The molecule has 7 heteroatoms. The number of carbonyl (C=O) groups is 4. The average molecular weight is 522 g/mol. The largest absolute Gasteiger partial charge is 0.479 e. The van der Waals surface area contributed by atoms with E-state index in [4.69, 9.17) is 4.74 Å². The van der Waals surface area contributed by atoms with E-state index in [-0.39, 0.29) is 35.6 Å². The lowest BCUT2D eigenvalue weighted by molar-refractivity contribution is -0.160. The fraction of sp³-hybridized carbons (Fsp3) is 0.613. The molecule has 1 amide bonds. The number of fused-ring (bicyclic) bond motifs is 5. The molecule has 4 aliphatic rings. The molecule has 0 bridgehead atoms. The van der Waals surface area contributed by atoms with Crippen molar-refractivity contribution in [1.29, 1.82) is 0 Å². The lowest BCUT2D eigenvalue weighted by atomic mass is 9.47. The Morgan fingerprint density at radius 2 is 1.76 bits per heavy atom. The van der Waals surface area contributed by atoms with Crippen LogP contribution in [0, 0.1) is 28.6 Å². The maximum atomic E-state index is 12.8. The van der Waals surface area contributed by atoms with E-state index in [9.17, 15) is 24.3 Å². The summed E-state index contributed by atoms with van der Waals surface area (Å²) in [6.45, 7) is 4.65. The molecule has 38 heavy (non-hydrogen) atoms. The van der Waals surface area contributed by atoms with Gasteiger partial charge in [-0.3, -0.25) is 14.4 Å². The van der Waals surface area contributed by atoms with Crippen molar-refractivity contribution in [3.8, 4) is 0 Å². The van der Waals surface area contributed by atoms with Crippen LogP contribution in [0.1, 0.15) is 89.7 Å². The molecule has 4 aliphatic carbocycles. The van der Waals surface area contributed by atoms with Gasteiger partial charge in [-0.15, -0.1) is 0 Å². The molecule has 0 aliphatic heterocycles. The fourth-order valence-electron chi connectivity index (χ4n) is 8.30. The molecule has 0 saturated heterocycles. The van der Waals surface area contributed by atoms with Crippen LogP contribution in [0.2, 0.25) is 0 Å². The predicted molar refractivity (Wildman–Crippen MR) is 141 cm³/mol. The van der Waals surface area contributed by atoms with E-state index >= 15 is 0 Å². The highest BCUT2D eigenvalue weighted by molar-refractivity contribution is 5.91. The number of esters is 1. The minimum Gasteiger partial charge on any atom is -0.479 e. The zero-order valence-electron chi connectivity index (χ0n) is 22.4. The Bertz CT molecular complexity index is 1140. The standard InChI is InChI=1S/C31H39NO6/c1-30-16-14-21(33)18-20(30)8-9-22-23-10-11-25(31(23,2)17-15-24(22)30)38-27(35)13-12-26(34)32-28(29(36)37)19-6-4-3-5-7-19/h3-7,18,22-25,28H,8-17H2,1-2H3,(H,32,34)(H,36,37)/t22-,23+,24-,25+,28-,30+,31+/m1/s1. The number of hydrogen-bond donors (Lipinski definition) is 2. The molecule has 0 aromatic heterocycles. The summed E-state index contributed by atoms with van der Waals surface area (Å²) in [5.41, 5.74) is 1.89. The van der Waals surface area contributed by atoms with E-state index in [2.05, 4.69) is 19.2 Å². The number of carbonyl (C=O) groups excluding carboxylic acids is 3. The van der Waals surface area contributed by atoms with Crippen LogP contribution in [0.5, 0.6) is 0 Å². The number of carboxylic acids is 1. The van der Waals surface area contributed by atoms with Crippen molar-refractivity contribution in [2.75, 3.05) is 0 Å². The van der Waals surface area contributed by atoms with E-state index in [1.54, 1.807) is 30.3 Å². The van der Waals surface area contributed by atoms with Gasteiger partial charge >= 0.3 is 11.9 Å². The van der Waals surface area contributed by atoms with Crippen LogP contribution in [-0.4, -0.2) is 34.8 Å². The van der Waals surface area contributed by atoms with Gasteiger partial charge < -0.3 is 15.2 Å². The van der Waals surface area contributed by atoms with Gasteiger partial charge in [-0.1, -0.05) is 49.8 Å².